The summed E-state index contributed by atoms with van der Waals surface area (Å²) in [6.45, 7) is 8.64. The minimum atomic E-state index is -0.199. The van der Waals surface area contributed by atoms with Crippen molar-refractivity contribution in [2.45, 2.75) is 6.42 Å². The molecule has 2 aliphatic rings. The molecule has 2 unspecified atom stereocenters. The lowest BCUT2D eigenvalue weighted by atomic mass is 10.1. The van der Waals surface area contributed by atoms with Crippen molar-refractivity contribution in [3.8, 4) is 0 Å². The highest BCUT2D eigenvalue weighted by Crippen LogP contribution is 2.32. The highest BCUT2D eigenvalue weighted by atomic mass is 35.5. The largest absolute Gasteiger partial charge is 0.627 e. The quantitative estimate of drug-likeness (QED) is 0.581. The summed E-state index contributed by atoms with van der Waals surface area (Å²) in [5, 5.41) is 13.8. The fourth-order valence-corrected chi connectivity index (χ4v) is 3.99. The number of methoxy groups -OCH3 is 1. The molecule has 6 heteroatoms. The number of quaternary nitrogens is 1. The minimum Gasteiger partial charge on any atom is -0.627 e. The van der Waals surface area contributed by atoms with Crippen molar-refractivity contribution in [2.75, 3.05) is 66.1 Å². The lowest BCUT2D eigenvalue weighted by Gasteiger charge is -2.39. The molecular weight excluding hydrogens is 326 g/mol. The van der Waals surface area contributed by atoms with Gasteiger partial charge >= 0.3 is 0 Å². The summed E-state index contributed by atoms with van der Waals surface area (Å²) in [5.41, 5.74) is 0.839. The zero-order valence-electron chi connectivity index (χ0n) is 14.5. The van der Waals surface area contributed by atoms with Crippen LogP contribution in [-0.4, -0.2) is 75.9 Å². The van der Waals surface area contributed by atoms with Crippen LogP contribution in [0.15, 0.2) is 24.3 Å². The molecule has 3 rings (SSSR count). The highest BCUT2D eigenvalue weighted by Gasteiger charge is 2.34. The zero-order chi connectivity index (χ0) is 17.0. The van der Waals surface area contributed by atoms with Crippen LogP contribution in [0.2, 0.25) is 5.02 Å². The molecule has 2 fully saturated rings. The lowest BCUT2D eigenvalue weighted by molar-refractivity contribution is 0.0898. The Bertz CT molecular complexity index is 520. The van der Waals surface area contributed by atoms with Crippen LogP contribution in [0.25, 0.3) is 0 Å². The molecule has 2 atom stereocenters. The van der Waals surface area contributed by atoms with E-state index in [2.05, 4.69) is 9.80 Å². The number of halogens is 1. The average molecular weight is 354 g/mol. The Balaban J connectivity index is 1.47. The van der Waals surface area contributed by atoms with E-state index in [0.717, 1.165) is 58.0 Å². The molecule has 2 aliphatic heterocycles. The molecule has 0 bridgehead atoms. The van der Waals surface area contributed by atoms with Gasteiger partial charge in [0.25, 0.3) is 0 Å². The van der Waals surface area contributed by atoms with Crippen LogP contribution in [0, 0.1) is 11.1 Å². The Morgan fingerprint density at radius 2 is 1.83 bits per heavy atom. The molecule has 0 saturated carbocycles. The number of piperazine rings is 1. The molecule has 0 N–H and O–H groups in total. The van der Waals surface area contributed by atoms with E-state index < -0.39 is 0 Å². The second-order valence-corrected chi connectivity index (χ2v) is 7.50. The van der Waals surface area contributed by atoms with Gasteiger partial charge < -0.3 is 19.5 Å². The van der Waals surface area contributed by atoms with Gasteiger partial charge in [-0.3, -0.25) is 4.90 Å². The van der Waals surface area contributed by atoms with Crippen molar-refractivity contribution in [3.05, 3.63) is 34.5 Å². The molecule has 134 valence electrons. The molecule has 1 aromatic rings. The smallest absolute Gasteiger partial charge is 0.132 e. The van der Waals surface area contributed by atoms with Gasteiger partial charge in [0, 0.05) is 75.9 Å². The van der Waals surface area contributed by atoms with Crippen LogP contribution < -0.4 is 4.65 Å². The summed E-state index contributed by atoms with van der Waals surface area (Å²) in [7, 11) is 1.75. The molecular formula is C18H28ClN3O2. The number of rotatable bonds is 6. The summed E-state index contributed by atoms with van der Waals surface area (Å²) in [5.74, 6) is 0.490. The molecule has 0 aromatic heterocycles. The number of hydroxylamine groups is 2. The predicted molar refractivity (Wildman–Crippen MR) is 99.2 cm³/mol. The number of nitrogens with zero attached hydrogens (tertiary/aromatic N) is 3. The standard InChI is InChI=1S/C18H28ClN3O2/c1-24-13-11-20-7-9-21(10-8-20)14-16-6-12-22(23,15-16)18-4-2-17(19)3-5-18/h2-5,16H,6-15H2,1H3. The fourth-order valence-electron chi connectivity index (χ4n) is 3.87. The van der Waals surface area contributed by atoms with Gasteiger partial charge in [0.2, 0.25) is 0 Å². The van der Waals surface area contributed by atoms with Crippen LogP contribution in [0.5, 0.6) is 0 Å². The maximum absolute atomic E-state index is 13.1. The predicted octanol–water partition coefficient (Wildman–Crippen LogP) is 2.43. The molecule has 2 saturated heterocycles. The van der Waals surface area contributed by atoms with Crippen molar-refractivity contribution in [3.63, 3.8) is 0 Å². The third-order valence-corrected chi connectivity index (χ3v) is 5.59. The van der Waals surface area contributed by atoms with Gasteiger partial charge in [-0.05, 0) is 12.1 Å². The van der Waals surface area contributed by atoms with E-state index in [1.807, 2.05) is 24.3 Å². The molecule has 0 spiro atoms. The number of benzene rings is 1. The number of hydrogen-bond acceptors (Lipinski definition) is 4. The van der Waals surface area contributed by atoms with Crippen molar-refractivity contribution >= 4 is 17.3 Å². The van der Waals surface area contributed by atoms with Crippen LogP contribution in [-0.2, 0) is 4.74 Å². The lowest BCUT2D eigenvalue weighted by Crippen LogP contribution is -2.49. The molecule has 0 amide bonds. The number of hydrogen-bond donors (Lipinski definition) is 0. The second kappa shape index (κ2) is 8.13. The maximum Gasteiger partial charge on any atom is 0.132 e. The van der Waals surface area contributed by atoms with Gasteiger partial charge in [-0.1, -0.05) is 11.6 Å². The van der Waals surface area contributed by atoms with E-state index in [0.29, 0.717) is 24.0 Å². The van der Waals surface area contributed by atoms with Crippen LogP contribution in [0.4, 0.5) is 5.69 Å². The Morgan fingerprint density at radius 1 is 1.17 bits per heavy atom. The molecule has 24 heavy (non-hydrogen) atoms. The molecule has 1 aromatic carbocycles. The van der Waals surface area contributed by atoms with Crippen molar-refractivity contribution in [2.24, 2.45) is 5.92 Å². The summed E-state index contributed by atoms with van der Waals surface area (Å²) in [4.78, 5) is 4.97. The molecule has 0 aliphatic carbocycles. The van der Waals surface area contributed by atoms with Gasteiger partial charge in [0.1, 0.15) is 5.69 Å². The Kier molecular flexibility index (Phi) is 6.13. The SMILES string of the molecule is COCCN1CCN(CC2CC[N+]([O-])(c3ccc(Cl)cc3)C2)CC1. The Labute approximate surface area is 149 Å². The summed E-state index contributed by atoms with van der Waals surface area (Å²) >= 11 is 5.94. The first-order valence-corrected chi connectivity index (χ1v) is 9.25. The average Bonchev–Trinajstić information content (AvgIpc) is 2.97. The number of ether oxygens (including phenoxy) is 1. The zero-order valence-corrected chi connectivity index (χ0v) is 15.2. The maximum atomic E-state index is 13.1. The Hall–Kier alpha value is -0.690. The van der Waals surface area contributed by atoms with E-state index in [1.54, 1.807) is 7.11 Å². The van der Waals surface area contributed by atoms with Crippen LogP contribution in [0.3, 0.4) is 0 Å². The van der Waals surface area contributed by atoms with E-state index in [4.69, 9.17) is 16.3 Å². The summed E-state index contributed by atoms with van der Waals surface area (Å²) in [6.07, 6.45) is 1.01. The summed E-state index contributed by atoms with van der Waals surface area (Å²) in [6, 6.07) is 7.40. The van der Waals surface area contributed by atoms with Crippen LogP contribution >= 0.6 is 11.6 Å². The third-order valence-electron chi connectivity index (χ3n) is 5.34. The minimum absolute atomic E-state index is 0.199. The molecule has 0 radical (unpaired) electrons. The van der Waals surface area contributed by atoms with Crippen molar-refractivity contribution in [1.29, 1.82) is 0 Å². The van der Waals surface area contributed by atoms with E-state index >= 15 is 0 Å². The van der Waals surface area contributed by atoms with Crippen molar-refractivity contribution in [1.82, 2.24) is 14.4 Å². The van der Waals surface area contributed by atoms with Gasteiger partial charge in [-0.2, -0.15) is 0 Å². The monoisotopic (exact) mass is 353 g/mol. The summed E-state index contributed by atoms with van der Waals surface area (Å²) < 4.78 is 4.95. The fraction of sp³-hybridized carbons (Fsp3) is 0.667. The topological polar surface area (TPSA) is 38.8 Å². The third kappa shape index (κ3) is 4.48. The van der Waals surface area contributed by atoms with Gasteiger partial charge in [-0.25, -0.2) is 0 Å². The van der Waals surface area contributed by atoms with Gasteiger partial charge in [0.15, 0.2) is 0 Å². The van der Waals surface area contributed by atoms with E-state index in [1.165, 1.54) is 0 Å². The van der Waals surface area contributed by atoms with Crippen molar-refractivity contribution < 1.29 is 4.74 Å². The van der Waals surface area contributed by atoms with Gasteiger partial charge in [0.05, 0.1) is 19.7 Å². The first-order chi connectivity index (χ1) is 11.6. The Morgan fingerprint density at radius 3 is 2.50 bits per heavy atom. The highest BCUT2D eigenvalue weighted by molar-refractivity contribution is 6.30. The molecule has 2 heterocycles. The first kappa shape index (κ1) is 18.1. The van der Waals surface area contributed by atoms with E-state index in [-0.39, 0.29) is 4.65 Å². The first-order valence-electron chi connectivity index (χ1n) is 8.87. The second-order valence-electron chi connectivity index (χ2n) is 7.06. The van der Waals surface area contributed by atoms with Gasteiger partial charge in [-0.15, -0.1) is 0 Å². The normalized spacial score (nSPS) is 29.2. The van der Waals surface area contributed by atoms with Crippen LogP contribution in [0.1, 0.15) is 6.42 Å². The molecule has 5 nitrogen and oxygen atoms in total. The van der Waals surface area contributed by atoms with E-state index in [9.17, 15) is 5.21 Å².